The van der Waals surface area contributed by atoms with Gasteiger partial charge in [-0.2, -0.15) is 0 Å². The average Bonchev–Trinajstić information content (AvgIpc) is 3.05. The lowest BCUT2D eigenvalue weighted by molar-refractivity contribution is -0.142. The van der Waals surface area contributed by atoms with Crippen molar-refractivity contribution in [2.24, 2.45) is 40.4 Å². The molecule has 0 radical (unpaired) electrons. The van der Waals surface area contributed by atoms with Gasteiger partial charge < -0.3 is 10.2 Å². The van der Waals surface area contributed by atoms with Crippen LogP contribution in [0.4, 0.5) is 0 Å². The SMILES string of the molecule is CC1CCC(CCCC(=O)O)C1(C)C.CCC(CCC1CCC(C)C1(C)C)C(=O)O. The van der Waals surface area contributed by atoms with E-state index in [4.69, 9.17) is 10.2 Å². The molecular formula is C26H48O4. The van der Waals surface area contributed by atoms with Gasteiger partial charge in [-0.3, -0.25) is 9.59 Å². The summed E-state index contributed by atoms with van der Waals surface area (Å²) >= 11 is 0. The van der Waals surface area contributed by atoms with Crippen LogP contribution in [-0.2, 0) is 9.59 Å². The van der Waals surface area contributed by atoms with Gasteiger partial charge in [0, 0.05) is 6.42 Å². The van der Waals surface area contributed by atoms with Crippen molar-refractivity contribution in [1.29, 1.82) is 0 Å². The van der Waals surface area contributed by atoms with Crippen LogP contribution in [0, 0.1) is 40.4 Å². The van der Waals surface area contributed by atoms with E-state index in [1.165, 1.54) is 25.7 Å². The average molecular weight is 425 g/mol. The van der Waals surface area contributed by atoms with Crippen LogP contribution in [0.5, 0.6) is 0 Å². The van der Waals surface area contributed by atoms with Crippen LogP contribution in [0.25, 0.3) is 0 Å². The smallest absolute Gasteiger partial charge is 0.306 e. The van der Waals surface area contributed by atoms with Crippen LogP contribution >= 0.6 is 0 Å². The monoisotopic (exact) mass is 424 g/mol. The second-order valence-electron chi connectivity index (χ2n) is 11.3. The van der Waals surface area contributed by atoms with E-state index in [0.717, 1.165) is 55.8 Å². The summed E-state index contributed by atoms with van der Waals surface area (Å²) in [6.45, 7) is 16.0. The predicted octanol–water partition coefficient (Wildman–Crippen LogP) is 7.26. The van der Waals surface area contributed by atoms with Gasteiger partial charge in [0.1, 0.15) is 0 Å². The first-order valence-electron chi connectivity index (χ1n) is 12.3. The number of carboxylic acid groups (broad SMARTS) is 2. The molecule has 2 rings (SSSR count). The minimum absolute atomic E-state index is 0.133. The molecular weight excluding hydrogens is 376 g/mol. The standard InChI is InChI=1S/C14H26O2.C12H22O2/c1-5-11(13(15)16)7-9-12-8-6-10(2)14(12,3)4;1-9-7-8-10(12(9,2)3)5-4-6-11(13)14/h10-12H,5-9H2,1-4H3,(H,15,16);9-10H,4-8H2,1-3H3,(H,13,14). The maximum absolute atomic E-state index is 11.0. The lowest BCUT2D eigenvalue weighted by Gasteiger charge is -2.31. The van der Waals surface area contributed by atoms with Gasteiger partial charge in [0.15, 0.2) is 0 Å². The lowest BCUT2D eigenvalue weighted by atomic mass is 9.74. The molecule has 2 aliphatic carbocycles. The molecule has 2 aliphatic rings. The van der Waals surface area contributed by atoms with E-state index >= 15 is 0 Å². The van der Waals surface area contributed by atoms with Crippen molar-refractivity contribution < 1.29 is 19.8 Å². The second-order valence-corrected chi connectivity index (χ2v) is 11.3. The molecule has 2 saturated carbocycles. The highest BCUT2D eigenvalue weighted by atomic mass is 16.4. The molecule has 5 atom stereocenters. The minimum atomic E-state index is -0.658. The second kappa shape index (κ2) is 11.5. The molecule has 2 N–H and O–H groups in total. The van der Waals surface area contributed by atoms with Gasteiger partial charge in [0.05, 0.1) is 5.92 Å². The van der Waals surface area contributed by atoms with E-state index in [1.807, 2.05) is 6.92 Å². The Kier molecular flexibility index (Phi) is 10.4. The van der Waals surface area contributed by atoms with Crippen molar-refractivity contribution >= 4 is 11.9 Å². The molecule has 0 aliphatic heterocycles. The van der Waals surface area contributed by atoms with Gasteiger partial charge in [-0.1, -0.05) is 48.5 Å². The third-order valence-electron chi connectivity index (χ3n) is 9.19. The number of hydrogen-bond acceptors (Lipinski definition) is 2. The molecule has 0 bridgehead atoms. The summed E-state index contributed by atoms with van der Waals surface area (Å²) in [4.78, 5) is 21.4. The summed E-state index contributed by atoms with van der Waals surface area (Å²) in [5, 5.41) is 17.6. The molecule has 0 heterocycles. The van der Waals surface area contributed by atoms with Gasteiger partial charge in [0.2, 0.25) is 0 Å². The Labute approximate surface area is 185 Å². The summed E-state index contributed by atoms with van der Waals surface area (Å²) in [6.07, 6.45) is 10.2. The molecule has 0 spiro atoms. The van der Waals surface area contributed by atoms with Gasteiger partial charge in [-0.25, -0.2) is 0 Å². The quantitative estimate of drug-likeness (QED) is 0.408. The van der Waals surface area contributed by atoms with Crippen molar-refractivity contribution in [2.45, 2.75) is 113 Å². The number of aliphatic carboxylic acids is 2. The van der Waals surface area contributed by atoms with Crippen LogP contribution in [0.2, 0.25) is 0 Å². The zero-order valence-electron chi connectivity index (χ0n) is 20.7. The van der Waals surface area contributed by atoms with Crippen molar-refractivity contribution in [2.75, 3.05) is 0 Å². The topological polar surface area (TPSA) is 74.6 Å². The number of carboxylic acids is 2. The number of hydrogen-bond donors (Lipinski definition) is 2. The molecule has 0 aromatic carbocycles. The lowest BCUT2D eigenvalue weighted by Crippen LogP contribution is -2.24. The molecule has 0 aromatic heterocycles. The van der Waals surface area contributed by atoms with Crippen LogP contribution in [-0.4, -0.2) is 22.2 Å². The Hall–Kier alpha value is -1.06. The highest BCUT2D eigenvalue weighted by Gasteiger charge is 2.40. The molecule has 0 saturated heterocycles. The van der Waals surface area contributed by atoms with Gasteiger partial charge in [0.25, 0.3) is 0 Å². The Balaban J connectivity index is 0.000000303. The zero-order valence-corrected chi connectivity index (χ0v) is 20.7. The maximum atomic E-state index is 11.0. The Morgan fingerprint density at radius 3 is 1.67 bits per heavy atom. The van der Waals surface area contributed by atoms with Crippen molar-refractivity contribution in [3.05, 3.63) is 0 Å². The van der Waals surface area contributed by atoms with E-state index in [1.54, 1.807) is 0 Å². The van der Waals surface area contributed by atoms with Crippen LogP contribution in [0.15, 0.2) is 0 Å². The van der Waals surface area contributed by atoms with E-state index in [0.29, 0.717) is 17.3 Å². The summed E-state index contributed by atoms with van der Waals surface area (Å²) < 4.78 is 0. The highest BCUT2D eigenvalue weighted by molar-refractivity contribution is 5.69. The van der Waals surface area contributed by atoms with Crippen LogP contribution in [0.1, 0.15) is 113 Å². The largest absolute Gasteiger partial charge is 0.481 e. The minimum Gasteiger partial charge on any atom is -0.481 e. The summed E-state index contributed by atoms with van der Waals surface area (Å²) in [5.41, 5.74) is 0.815. The van der Waals surface area contributed by atoms with E-state index in [9.17, 15) is 9.59 Å². The van der Waals surface area contributed by atoms with Gasteiger partial charge >= 0.3 is 11.9 Å². The van der Waals surface area contributed by atoms with Gasteiger partial charge in [-0.05, 0) is 92.3 Å². The molecule has 30 heavy (non-hydrogen) atoms. The van der Waals surface area contributed by atoms with Gasteiger partial charge in [-0.15, -0.1) is 0 Å². The van der Waals surface area contributed by atoms with Crippen molar-refractivity contribution in [3.63, 3.8) is 0 Å². The predicted molar refractivity (Wildman–Crippen MR) is 123 cm³/mol. The number of rotatable bonds is 9. The first-order valence-corrected chi connectivity index (χ1v) is 12.3. The molecule has 4 nitrogen and oxygen atoms in total. The fourth-order valence-electron chi connectivity index (χ4n) is 5.63. The third kappa shape index (κ3) is 7.27. The Morgan fingerprint density at radius 1 is 0.867 bits per heavy atom. The number of carbonyl (C=O) groups is 2. The summed E-state index contributed by atoms with van der Waals surface area (Å²) in [7, 11) is 0. The maximum Gasteiger partial charge on any atom is 0.306 e. The molecule has 5 unspecified atom stereocenters. The molecule has 0 amide bonds. The van der Waals surface area contributed by atoms with Crippen molar-refractivity contribution in [1.82, 2.24) is 0 Å². The third-order valence-corrected chi connectivity index (χ3v) is 9.19. The van der Waals surface area contributed by atoms with E-state index < -0.39 is 11.9 Å². The Bertz CT molecular complexity index is 551. The first-order chi connectivity index (χ1) is 13.8. The van der Waals surface area contributed by atoms with Crippen LogP contribution < -0.4 is 0 Å². The van der Waals surface area contributed by atoms with Crippen molar-refractivity contribution in [3.8, 4) is 0 Å². The first kappa shape index (κ1) is 27.0. The molecule has 4 heteroatoms. The fourth-order valence-corrected chi connectivity index (χ4v) is 5.63. The zero-order chi connectivity index (χ0) is 23.1. The van der Waals surface area contributed by atoms with E-state index in [-0.39, 0.29) is 5.92 Å². The van der Waals surface area contributed by atoms with E-state index in [2.05, 4.69) is 41.5 Å². The fraction of sp³-hybridized carbons (Fsp3) is 0.923. The molecule has 0 aromatic rings. The summed E-state index contributed by atoms with van der Waals surface area (Å²) in [6, 6.07) is 0. The molecule has 176 valence electrons. The summed E-state index contributed by atoms with van der Waals surface area (Å²) in [5.74, 6) is 1.61. The molecule has 2 fully saturated rings. The normalized spacial score (nSPS) is 30.4. The Morgan fingerprint density at radius 2 is 1.33 bits per heavy atom. The van der Waals surface area contributed by atoms with Crippen LogP contribution in [0.3, 0.4) is 0 Å². The highest BCUT2D eigenvalue weighted by Crippen LogP contribution is 2.50.